The summed E-state index contributed by atoms with van der Waals surface area (Å²) in [4.78, 5) is 12.0. The molecule has 0 aliphatic rings. The fraction of sp³-hybridized carbons (Fsp3) is 0.350. The zero-order chi connectivity index (χ0) is 19.8. The van der Waals surface area contributed by atoms with E-state index in [-0.39, 0.29) is 24.1 Å². The quantitative estimate of drug-likeness (QED) is 0.641. The van der Waals surface area contributed by atoms with Gasteiger partial charge in [0.05, 0.1) is 0 Å². The summed E-state index contributed by atoms with van der Waals surface area (Å²) in [6.07, 6.45) is 1.84. The van der Waals surface area contributed by atoms with Crippen LogP contribution >= 0.6 is 0 Å². The van der Waals surface area contributed by atoms with E-state index in [9.17, 15) is 22.4 Å². The van der Waals surface area contributed by atoms with Crippen molar-refractivity contribution in [1.29, 1.82) is 0 Å². The van der Waals surface area contributed by atoms with Crippen molar-refractivity contribution in [1.82, 2.24) is 5.32 Å². The predicted octanol–water partition coefficient (Wildman–Crippen LogP) is 4.64. The summed E-state index contributed by atoms with van der Waals surface area (Å²) in [7, 11) is 0. The van der Waals surface area contributed by atoms with Gasteiger partial charge in [0.1, 0.15) is 5.75 Å². The molecule has 1 atom stereocenters. The molecule has 0 fully saturated rings. The molecule has 0 radical (unpaired) electrons. The number of hydrogen-bond donors (Lipinski definition) is 1. The van der Waals surface area contributed by atoms with Crippen LogP contribution in [0.25, 0.3) is 0 Å². The molecule has 1 unspecified atom stereocenters. The van der Waals surface area contributed by atoms with Crippen LogP contribution in [-0.4, -0.2) is 18.6 Å². The lowest BCUT2D eigenvalue weighted by molar-refractivity contribution is -0.121. The van der Waals surface area contributed by atoms with Crippen LogP contribution in [0.15, 0.2) is 42.5 Å². The highest BCUT2D eigenvalue weighted by molar-refractivity contribution is 5.76. The Balaban J connectivity index is 1.72. The first-order chi connectivity index (χ1) is 12.8. The van der Waals surface area contributed by atoms with E-state index in [1.807, 2.05) is 6.92 Å². The second kappa shape index (κ2) is 9.94. The lowest BCUT2D eigenvalue weighted by Crippen LogP contribution is -2.33. The molecule has 2 rings (SSSR count). The van der Waals surface area contributed by atoms with Crippen molar-refractivity contribution in [3.8, 4) is 5.75 Å². The molecule has 7 heteroatoms. The van der Waals surface area contributed by atoms with Crippen LogP contribution < -0.4 is 10.1 Å². The number of rotatable bonds is 9. The van der Waals surface area contributed by atoms with E-state index in [0.717, 1.165) is 17.7 Å². The first-order valence-corrected chi connectivity index (χ1v) is 8.60. The molecular formula is C20H21F4NO2. The summed E-state index contributed by atoms with van der Waals surface area (Å²) in [5.41, 5.74) is 1.50. The number of ether oxygens (including phenoxy) is 1. The predicted molar refractivity (Wildman–Crippen MR) is 93.7 cm³/mol. The van der Waals surface area contributed by atoms with Crippen LogP contribution in [0.2, 0.25) is 0 Å². The van der Waals surface area contributed by atoms with Crippen molar-refractivity contribution in [2.45, 2.75) is 45.3 Å². The van der Waals surface area contributed by atoms with E-state index in [2.05, 4.69) is 10.1 Å². The van der Waals surface area contributed by atoms with Gasteiger partial charge < -0.3 is 10.1 Å². The monoisotopic (exact) mass is 383 g/mol. The summed E-state index contributed by atoms with van der Waals surface area (Å²) in [6, 6.07) is 9.79. The summed E-state index contributed by atoms with van der Waals surface area (Å²) < 4.78 is 54.5. The Hall–Kier alpha value is -2.57. The summed E-state index contributed by atoms with van der Waals surface area (Å²) in [5.74, 6) is -1.83. The molecule has 2 aromatic rings. The maximum atomic E-state index is 13.2. The Labute approximate surface area is 155 Å². The van der Waals surface area contributed by atoms with Gasteiger partial charge in [-0.15, -0.1) is 0 Å². The second-order valence-electron chi connectivity index (χ2n) is 6.28. The summed E-state index contributed by atoms with van der Waals surface area (Å²) in [6.45, 7) is -1.02. The largest absolute Gasteiger partial charge is 0.435 e. The fourth-order valence-corrected chi connectivity index (χ4v) is 2.59. The van der Waals surface area contributed by atoms with Crippen LogP contribution in [0.4, 0.5) is 17.6 Å². The van der Waals surface area contributed by atoms with Gasteiger partial charge in [-0.05, 0) is 61.6 Å². The van der Waals surface area contributed by atoms with Crippen molar-refractivity contribution in [2.75, 3.05) is 0 Å². The average molecular weight is 383 g/mol. The van der Waals surface area contributed by atoms with Crippen LogP contribution in [0, 0.1) is 11.6 Å². The molecule has 1 amide bonds. The molecule has 0 heterocycles. The highest BCUT2D eigenvalue weighted by atomic mass is 19.3. The third-order valence-corrected chi connectivity index (χ3v) is 4.05. The minimum atomic E-state index is -2.87. The molecule has 1 N–H and O–H groups in total. The lowest BCUT2D eigenvalue weighted by atomic mass is 10.1. The van der Waals surface area contributed by atoms with Crippen LogP contribution in [0.1, 0.15) is 30.9 Å². The van der Waals surface area contributed by atoms with Gasteiger partial charge in [0.2, 0.25) is 5.91 Å². The average Bonchev–Trinajstić information content (AvgIpc) is 2.61. The van der Waals surface area contributed by atoms with Gasteiger partial charge in [-0.2, -0.15) is 8.78 Å². The number of hydrogen-bond acceptors (Lipinski definition) is 2. The smallest absolute Gasteiger partial charge is 0.387 e. The molecule has 0 aliphatic carbocycles. The molecule has 0 aromatic heterocycles. The van der Waals surface area contributed by atoms with Crippen molar-refractivity contribution >= 4 is 5.91 Å². The number of nitrogens with one attached hydrogen (secondary N) is 1. The van der Waals surface area contributed by atoms with E-state index in [4.69, 9.17) is 0 Å². The zero-order valence-electron chi connectivity index (χ0n) is 14.9. The third-order valence-electron chi connectivity index (χ3n) is 4.05. The Morgan fingerprint density at radius 2 is 1.67 bits per heavy atom. The van der Waals surface area contributed by atoms with E-state index in [0.29, 0.717) is 24.8 Å². The van der Waals surface area contributed by atoms with Crippen molar-refractivity contribution in [2.24, 2.45) is 0 Å². The minimum Gasteiger partial charge on any atom is -0.435 e. The molecule has 3 nitrogen and oxygen atoms in total. The molecule has 0 spiro atoms. The van der Waals surface area contributed by atoms with E-state index in [1.165, 1.54) is 18.2 Å². The Morgan fingerprint density at radius 3 is 2.30 bits per heavy atom. The molecule has 0 aliphatic heterocycles. The molecule has 146 valence electrons. The highest BCUT2D eigenvalue weighted by Crippen LogP contribution is 2.16. The van der Waals surface area contributed by atoms with Gasteiger partial charge in [-0.25, -0.2) is 8.78 Å². The van der Waals surface area contributed by atoms with Crippen LogP contribution in [0.5, 0.6) is 5.75 Å². The van der Waals surface area contributed by atoms with E-state index < -0.39 is 18.2 Å². The van der Waals surface area contributed by atoms with Gasteiger partial charge in [0.25, 0.3) is 0 Å². The number of alkyl halides is 2. The zero-order valence-corrected chi connectivity index (χ0v) is 14.9. The van der Waals surface area contributed by atoms with Gasteiger partial charge in [-0.1, -0.05) is 18.2 Å². The molecule has 27 heavy (non-hydrogen) atoms. The maximum absolute atomic E-state index is 13.2. The van der Waals surface area contributed by atoms with Gasteiger partial charge in [0, 0.05) is 12.5 Å². The number of carbonyl (C=O) groups is 1. The standard InChI is InChI=1S/C20H21F4NO2/c1-13(2-3-15-6-10-17(21)18(22)12-15)25-19(26)11-7-14-4-8-16(9-5-14)27-20(23)24/h4-6,8-10,12-13,20H,2-3,7,11H2,1H3,(H,25,26). The molecule has 2 aromatic carbocycles. The van der Waals surface area contributed by atoms with Crippen molar-refractivity contribution in [3.05, 3.63) is 65.2 Å². The van der Waals surface area contributed by atoms with Crippen LogP contribution in [0.3, 0.4) is 0 Å². The van der Waals surface area contributed by atoms with Gasteiger partial charge >= 0.3 is 6.61 Å². The SMILES string of the molecule is CC(CCc1ccc(F)c(F)c1)NC(=O)CCc1ccc(OC(F)F)cc1. The number of carbonyl (C=O) groups excluding carboxylic acids is 1. The minimum absolute atomic E-state index is 0.0732. The number of halogens is 4. The van der Waals surface area contributed by atoms with E-state index >= 15 is 0 Å². The summed E-state index contributed by atoms with van der Waals surface area (Å²) in [5, 5.41) is 2.85. The normalized spacial score (nSPS) is 12.1. The van der Waals surface area contributed by atoms with Gasteiger partial charge in [-0.3, -0.25) is 4.79 Å². The number of benzene rings is 2. The highest BCUT2D eigenvalue weighted by Gasteiger charge is 2.10. The molecule has 0 bridgehead atoms. The topological polar surface area (TPSA) is 38.3 Å². The molecular weight excluding hydrogens is 362 g/mol. The van der Waals surface area contributed by atoms with Gasteiger partial charge in [0.15, 0.2) is 11.6 Å². The van der Waals surface area contributed by atoms with E-state index in [1.54, 1.807) is 12.1 Å². The van der Waals surface area contributed by atoms with Crippen molar-refractivity contribution in [3.63, 3.8) is 0 Å². The first kappa shape index (κ1) is 20.7. The van der Waals surface area contributed by atoms with Crippen LogP contribution in [-0.2, 0) is 17.6 Å². The first-order valence-electron chi connectivity index (χ1n) is 8.60. The summed E-state index contributed by atoms with van der Waals surface area (Å²) >= 11 is 0. The number of aryl methyl sites for hydroxylation is 2. The maximum Gasteiger partial charge on any atom is 0.387 e. The fourth-order valence-electron chi connectivity index (χ4n) is 2.59. The second-order valence-corrected chi connectivity index (χ2v) is 6.28. The molecule has 0 saturated heterocycles. The third kappa shape index (κ3) is 7.29. The Bertz CT molecular complexity index is 750. The lowest BCUT2D eigenvalue weighted by Gasteiger charge is -2.14. The molecule has 0 saturated carbocycles. The number of amides is 1. The van der Waals surface area contributed by atoms with Crippen molar-refractivity contribution < 1.29 is 27.1 Å². The Morgan fingerprint density at radius 1 is 1.00 bits per heavy atom. The Kier molecular flexibility index (Phi) is 7.64.